The predicted octanol–water partition coefficient (Wildman–Crippen LogP) is 1.52. The minimum absolute atomic E-state index is 0.0132. The highest BCUT2D eigenvalue weighted by Crippen LogP contribution is 2.23. The molecule has 0 radical (unpaired) electrons. The Balaban J connectivity index is 2.72. The number of amides is 1. The normalized spacial score (nSPS) is 26.4. The van der Waals surface area contributed by atoms with Crippen molar-refractivity contribution in [1.82, 2.24) is 15.1 Å². The Morgan fingerprint density at radius 1 is 1.33 bits per heavy atom. The Labute approximate surface area is 112 Å². The molecule has 1 amide bonds. The highest BCUT2D eigenvalue weighted by molar-refractivity contribution is 5.84. The summed E-state index contributed by atoms with van der Waals surface area (Å²) in [6.07, 6.45) is 2.10. The number of nitrogens with zero attached hydrogens (tertiary/aromatic N) is 2. The van der Waals surface area contributed by atoms with Gasteiger partial charge in [0.1, 0.15) is 0 Å². The van der Waals surface area contributed by atoms with Crippen LogP contribution in [0.25, 0.3) is 0 Å². The topological polar surface area (TPSA) is 35.6 Å². The first-order valence-electron chi connectivity index (χ1n) is 7.11. The van der Waals surface area contributed by atoms with E-state index in [1.165, 1.54) is 0 Å². The molecule has 0 bridgehead atoms. The van der Waals surface area contributed by atoms with Gasteiger partial charge in [-0.2, -0.15) is 0 Å². The van der Waals surface area contributed by atoms with E-state index < -0.39 is 0 Å². The summed E-state index contributed by atoms with van der Waals surface area (Å²) in [5, 5.41) is 3.47. The van der Waals surface area contributed by atoms with Crippen LogP contribution < -0.4 is 5.32 Å². The highest BCUT2D eigenvalue weighted by atomic mass is 16.2. The molecule has 0 saturated carbocycles. The van der Waals surface area contributed by atoms with Crippen LogP contribution in [0, 0.1) is 5.92 Å². The third kappa shape index (κ3) is 3.45. The molecule has 4 nitrogen and oxygen atoms in total. The Hall–Kier alpha value is -0.610. The van der Waals surface area contributed by atoms with Gasteiger partial charge in [0, 0.05) is 6.04 Å². The molecule has 1 aliphatic rings. The molecule has 1 aliphatic heterocycles. The van der Waals surface area contributed by atoms with Crippen molar-refractivity contribution in [3.8, 4) is 0 Å². The number of carbonyl (C=O) groups is 1. The Morgan fingerprint density at radius 2 is 1.94 bits per heavy atom. The summed E-state index contributed by atoms with van der Waals surface area (Å²) in [6.45, 7) is 9.60. The molecule has 0 spiro atoms. The lowest BCUT2D eigenvalue weighted by Gasteiger charge is -2.33. The summed E-state index contributed by atoms with van der Waals surface area (Å²) in [5.41, 5.74) is 0. The van der Waals surface area contributed by atoms with E-state index in [-0.39, 0.29) is 18.1 Å². The summed E-state index contributed by atoms with van der Waals surface area (Å²) in [5.74, 6) is 0.731. The molecule has 1 N–H and O–H groups in total. The van der Waals surface area contributed by atoms with Gasteiger partial charge in [-0.25, -0.2) is 0 Å². The molecule has 1 heterocycles. The summed E-state index contributed by atoms with van der Waals surface area (Å²) >= 11 is 0. The molecule has 0 aliphatic carbocycles. The first kappa shape index (κ1) is 15.4. The Morgan fingerprint density at radius 3 is 2.39 bits per heavy atom. The highest BCUT2D eigenvalue weighted by Gasteiger charge is 2.41. The van der Waals surface area contributed by atoms with Gasteiger partial charge < -0.3 is 9.80 Å². The van der Waals surface area contributed by atoms with E-state index in [9.17, 15) is 4.79 Å². The summed E-state index contributed by atoms with van der Waals surface area (Å²) in [6, 6.07) is 0.315. The predicted molar refractivity (Wildman–Crippen MR) is 75.3 cm³/mol. The average molecular weight is 255 g/mol. The second-order valence-electron chi connectivity index (χ2n) is 6.00. The third-order valence-corrected chi connectivity index (χ3v) is 3.73. The van der Waals surface area contributed by atoms with Crippen molar-refractivity contribution in [3.05, 3.63) is 0 Å². The average Bonchev–Trinajstić information content (AvgIpc) is 2.63. The lowest BCUT2D eigenvalue weighted by atomic mass is 10.1. The molecule has 1 fully saturated rings. The van der Waals surface area contributed by atoms with E-state index >= 15 is 0 Å². The smallest absolute Gasteiger partial charge is 0.241 e. The molecular weight excluding hydrogens is 226 g/mol. The first-order chi connectivity index (χ1) is 8.38. The summed E-state index contributed by atoms with van der Waals surface area (Å²) in [7, 11) is 4.15. The van der Waals surface area contributed by atoms with Crippen molar-refractivity contribution in [3.63, 3.8) is 0 Å². The molecule has 18 heavy (non-hydrogen) atoms. The zero-order valence-corrected chi connectivity index (χ0v) is 12.7. The molecule has 3 atom stereocenters. The first-order valence-corrected chi connectivity index (χ1v) is 7.11. The van der Waals surface area contributed by atoms with E-state index in [0.29, 0.717) is 12.0 Å². The van der Waals surface area contributed by atoms with Gasteiger partial charge >= 0.3 is 0 Å². The van der Waals surface area contributed by atoms with Crippen LogP contribution in [-0.4, -0.2) is 54.6 Å². The third-order valence-electron chi connectivity index (χ3n) is 3.73. The number of rotatable bonds is 6. The van der Waals surface area contributed by atoms with E-state index in [4.69, 9.17) is 0 Å². The van der Waals surface area contributed by atoms with E-state index in [0.717, 1.165) is 19.4 Å². The van der Waals surface area contributed by atoms with Crippen molar-refractivity contribution in [2.45, 2.75) is 58.8 Å². The second kappa shape index (κ2) is 6.53. The maximum Gasteiger partial charge on any atom is 0.241 e. The molecule has 1 saturated heterocycles. The van der Waals surface area contributed by atoms with Crippen molar-refractivity contribution >= 4 is 5.91 Å². The van der Waals surface area contributed by atoms with Gasteiger partial charge in [0.05, 0.1) is 12.2 Å². The Kier molecular flexibility index (Phi) is 5.60. The summed E-state index contributed by atoms with van der Waals surface area (Å²) < 4.78 is 0. The van der Waals surface area contributed by atoms with Crippen molar-refractivity contribution in [2.24, 2.45) is 5.92 Å². The molecule has 0 aromatic rings. The molecular formula is C14H29N3O. The van der Waals surface area contributed by atoms with Gasteiger partial charge in [0.15, 0.2) is 0 Å². The maximum atomic E-state index is 12.4. The molecule has 1 rings (SSSR count). The van der Waals surface area contributed by atoms with Crippen molar-refractivity contribution in [2.75, 3.05) is 20.6 Å². The van der Waals surface area contributed by atoms with Gasteiger partial charge in [0.2, 0.25) is 5.91 Å². The standard InChI is InChI=1S/C14H29N3O/c1-7-12-14(18)17(13(15-12)10(2)3)11(4)8-9-16(5)6/h10-13,15H,7-9H2,1-6H3. The van der Waals surface area contributed by atoms with Gasteiger partial charge in [-0.15, -0.1) is 0 Å². The number of hydrogen-bond acceptors (Lipinski definition) is 3. The van der Waals surface area contributed by atoms with Crippen molar-refractivity contribution in [1.29, 1.82) is 0 Å². The number of hydrogen-bond donors (Lipinski definition) is 1. The molecule has 106 valence electrons. The van der Waals surface area contributed by atoms with Gasteiger partial charge in [0.25, 0.3) is 0 Å². The van der Waals surface area contributed by atoms with Crippen LogP contribution in [0.4, 0.5) is 0 Å². The number of carbonyl (C=O) groups excluding carboxylic acids is 1. The van der Waals surface area contributed by atoms with Crippen LogP contribution in [0.1, 0.15) is 40.5 Å². The fraction of sp³-hybridized carbons (Fsp3) is 0.929. The lowest BCUT2D eigenvalue weighted by molar-refractivity contribution is -0.132. The Bertz CT molecular complexity index is 278. The van der Waals surface area contributed by atoms with Crippen LogP contribution in [0.5, 0.6) is 0 Å². The van der Waals surface area contributed by atoms with Gasteiger partial charge in [-0.3, -0.25) is 10.1 Å². The second-order valence-corrected chi connectivity index (χ2v) is 6.00. The fourth-order valence-corrected chi connectivity index (χ4v) is 2.56. The van der Waals surface area contributed by atoms with Crippen LogP contribution in [0.3, 0.4) is 0 Å². The van der Waals surface area contributed by atoms with E-state index in [1.54, 1.807) is 0 Å². The number of nitrogens with one attached hydrogen (secondary N) is 1. The quantitative estimate of drug-likeness (QED) is 0.781. The van der Waals surface area contributed by atoms with Crippen molar-refractivity contribution < 1.29 is 4.79 Å². The van der Waals surface area contributed by atoms with Crippen LogP contribution in [-0.2, 0) is 4.79 Å². The monoisotopic (exact) mass is 255 g/mol. The fourth-order valence-electron chi connectivity index (χ4n) is 2.56. The van der Waals surface area contributed by atoms with Crippen LogP contribution >= 0.6 is 0 Å². The summed E-state index contributed by atoms with van der Waals surface area (Å²) in [4.78, 5) is 16.6. The lowest BCUT2D eigenvalue weighted by Crippen LogP contribution is -2.47. The maximum absolute atomic E-state index is 12.4. The molecule has 0 aromatic carbocycles. The molecule has 3 unspecified atom stereocenters. The zero-order valence-electron chi connectivity index (χ0n) is 12.7. The minimum Gasteiger partial charge on any atom is -0.323 e. The molecule has 4 heteroatoms. The van der Waals surface area contributed by atoms with Gasteiger partial charge in [-0.1, -0.05) is 20.8 Å². The molecule has 0 aromatic heterocycles. The van der Waals surface area contributed by atoms with Crippen LogP contribution in [0.2, 0.25) is 0 Å². The van der Waals surface area contributed by atoms with E-state index in [2.05, 4.69) is 56.9 Å². The van der Waals surface area contributed by atoms with E-state index in [1.807, 2.05) is 0 Å². The van der Waals surface area contributed by atoms with Crippen LogP contribution in [0.15, 0.2) is 0 Å². The SMILES string of the molecule is CCC1NC(C(C)C)N(C(C)CCN(C)C)C1=O. The zero-order chi connectivity index (χ0) is 13.9. The largest absolute Gasteiger partial charge is 0.323 e. The minimum atomic E-state index is 0.0132. The van der Waals surface area contributed by atoms with Gasteiger partial charge in [-0.05, 0) is 46.3 Å².